The van der Waals surface area contributed by atoms with Crippen LogP contribution in [0, 0.1) is 0 Å². The summed E-state index contributed by atoms with van der Waals surface area (Å²) in [5, 5.41) is 0. The van der Waals surface area contributed by atoms with Gasteiger partial charge in [-0.3, -0.25) is 0 Å². The SMILES string of the molecule is C1COCCO1.[F-].[H+]. The molecular formula is C4H9FO2. The van der Waals surface area contributed by atoms with Crippen LogP contribution in [0.2, 0.25) is 0 Å². The monoisotopic (exact) mass is 108 g/mol. The quantitative estimate of drug-likeness (QED) is 0.332. The lowest BCUT2D eigenvalue weighted by molar-refractivity contribution is -0.0334. The summed E-state index contributed by atoms with van der Waals surface area (Å²) >= 11 is 0. The maximum Gasteiger partial charge on any atom is 1.00 e. The molecule has 2 nitrogen and oxygen atoms in total. The van der Waals surface area contributed by atoms with Crippen LogP contribution in [0.3, 0.4) is 0 Å². The second kappa shape index (κ2) is 4.02. The molecule has 0 amide bonds. The first-order valence-corrected chi connectivity index (χ1v) is 2.15. The maximum atomic E-state index is 4.94. The van der Waals surface area contributed by atoms with Crippen molar-refractivity contribution in [2.75, 3.05) is 26.4 Å². The highest BCUT2D eigenvalue weighted by Crippen LogP contribution is 1.85. The van der Waals surface area contributed by atoms with Crippen molar-refractivity contribution < 1.29 is 15.6 Å². The van der Waals surface area contributed by atoms with Crippen molar-refractivity contribution in [2.45, 2.75) is 0 Å². The second-order valence-electron chi connectivity index (χ2n) is 1.22. The van der Waals surface area contributed by atoms with Gasteiger partial charge < -0.3 is 14.2 Å². The van der Waals surface area contributed by atoms with E-state index >= 15 is 0 Å². The minimum atomic E-state index is 0. The zero-order valence-corrected chi connectivity index (χ0v) is 4.02. The summed E-state index contributed by atoms with van der Waals surface area (Å²) in [5.74, 6) is 0. The van der Waals surface area contributed by atoms with E-state index in [1.807, 2.05) is 0 Å². The van der Waals surface area contributed by atoms with Crippen molar-refractivity contribution in [3.05, 3.63) is 0 Å². The van der Waals surface area contributed by atoms with Gasteiger partial charge in [0.15, 0.2) is 0 Å². The van der Waals surface area contributed by atoms with E-state index in [4.69, 9.17) is 9.47 Å². The van der Waals surface area contributed by atoms with Crippen molar-refractivity contribution in [3.8, 4) is 0 Å². The Labute approximate surface area is 43.3 Å². The maximum absolute atomic E-state index is 4.94. The average molecular weight is 108 g/mol. The predicted octanol–water partition coefficient (Wildman–Crippen LogP) is -2.85. The van der Waals surface area contributed by atoms with E-state index in [0.717, 1.165) is 26.4 Å². The highest BCUT2D eigenvalue weighted by Gasteiger charge is 1.94. The molecule has 7 heavy (non-hydrogen) atoms. The Kier molecular flexibility index (Phi) is 3.93. The molecule has 44 valence electrons. The van der Waals surface area contributed by atoms with Crippen molar-refractivity contribution >= 4 is 0 Å². The molecule has 3 heteroatoms. The lowest BCUT2D eigenvalue weighted by Gasteiger charge is -2.09. The molecule has 0 aromatic heterocycles. The predicted molar refractivity (Wildman–Crippen MR) is 22.7 cm³/mol. The molecule has 0 saturated carbocycles. The molecule has 0 aromatic carbocycles. The summed E-state index contributed by atoms with van der Waals surface area (Å²) in [5.41, 5.74) is 0. The molecule has 0 bridgehead atoms. The topological polar surface area (TPSA) is 18.5 Å². The van der Waals surface area contributed by atoms with E-state index < -0.39 is 0 Å². The number of halogens is 1. The molecule has 1 fully saturated rings. The Morgan fingerprint density at radius 1 is 0.857 bits per heavy atom. The van der Waals surface area contributed by atoms with E-state index in [2.05, 4.69) is 0 Å². The van der Waals surface area contributed by atoms with Gasteiger partial charge in [0, 0.05) is 0 Å². The summed E-state index contributed by atoms with van der Waals surface area (Å²) in [6, 6.07) is 0. The van der Waals surface area contributed by atoms with Gasteiger partial charge in [-0.2, -0.15) is 0 Å². The van der Waals surface area contributed by atoms with E-state index in [-0.39, 0.29) is 6.13 Å². The summed E-state index contributed by atoms with van der Waals surface area (Å²) in [6.45, 7) is 3.11. The van der Waals surface area contributed by atoms with E-state index in [1.165, 1.54) is 0 Å². The van der Waals surface area contributed by atoms with Crippen molar-refractivity contribution in [1.29, 1.82) is 0 Å². The van der Waals surface area contributed by atoms with Crippen LogP contribution in [0.15, 0.2) is 0 Å². The first kappa shape index (κ1) is 6.85. The minimum absolute atomic E-state index is 0. The van der Waals surface area contributed by atoms with Crippen molar-refractivity contribution in [3.63, 3.8) is 0 Å². The van der Waals surface area contributed by atoms with Crippen molar-refractivity contribution in [2.24, 2.45) is 0 Å². The molecule has 1 aliphatic heterocycles. The van der Waals surface area contributed by atoms with Gasteiger partial charge in [0.2, 0.25) is 0 Å². The van der Waals surface area contributed by atoms with E-state index in [0.29, 0.717) is 0 Å². The highest BCUT2D eigenvalue weighted by molar-refractivity contribution is 4.37. The van der Waals surface area contributed by atoms with E-state index in [1.54, 1.807) is 0 Å². The van der Waals surface area contributed by atoms with Crippen LogP contribution in [0.25, 0.3) is 0 Å². The summed E-state index contributed by atoms with van der Waals surface area (Å²) in [7, 11) is 0. The summed E-state index contributed by atoms with van der Waals surface area (Å²) in [6.07, 6.45) is 0. The molecule has 0 N–H and O–H groups in total. The third-order valence-corrected chi connectivity index (χ3v) is 0.744. The third kappa shape index (κ3) is 2.53. The third-order valence-electron chi connectivity index (χ3n) is 0.744. The molecule has 1 heterocycles. The van der Waals surface area contributed by atoms with E-state index in [9.17, 15) is 0 Å². The van der Waals surface area contributed by atoms with Gasteiger partial charge in [0.05, 0.1) is 26.4 Å². The van der Waals surface area contributed by atoms with Gasteiger partial charge in [0.1, 0.15) is 0 Å². The lowest BCUT2D eigenvalue weighted by Crippen LogP contribution is -3.00. The molecular weight excluding hydrogens is 99.0 g/mol. The summed E-state index contributed by atoms with van der Waals surface area (Å²) < 4.78 is 9.89. The molecule has 0 atom stereocenters. The van der Waals surface area contributed by atoms with Crippen LogP contribution < -0.4 is 4.70 Å². The van der Waals surface area contributed by atoms with Gasteiger partial charge in [-0.25, -0.2) is 0 Å². The largest absolute Gasteiger partial charge is 1.00 e. The molecule has 0 spiro atoms. The van der Waals surface area contributed by atoms with Gasteiger partial charge in [0.25, 0.3) is 0 Å². The van der Waals surface area contributed by atoms with Gasteiger partial charge in [-0.1, -0.05) is 0 Å². The molecule has 1 aliphatic rings. The molecule has 1 saturated heterocycles. The normalized spacial score (nSPS) is 20.6. The fraction of sp³-hybridized carbons (Fsp3) is 1.00. The minimum Gasteiger partial charge on any atom is -1.00 e. The highest BCUT2D eigenvalue weighted by atomic mass is 19.0. The van der Waals surface area contributed by atoms with Crippen LogP contribution in [0.4, 0.5) is 0 Å². The first-order valence-electron chi connectivity index (χ1n) is 2.15. The van der Waals surface area contributed by atoms with Gasteiger partial charge in [-0.05, 0) is 0 Å². The first-order chi connectivity index (χ1) is 3.00. The number of rotatable bonds is 0. The fourth-order valence-corrected chi connectivity index (χ4v) is 0.440. The lowest BCUT2D eigenvalue weighted by atomic mass is 10.6. The van der Waals surface area contributed by atoms with Crippen LogP contribution in [-0.4, -0.2) is 26.4 Å². The number of hydrogen-bond acceptors (Lipinski definition) is 2. The number of hydrogen-bond donors (Lipinski definition) is 0. The molecule has 1 rings (SSSR count). The Morgan fingerprint density at radius 2 is 1.14 bits per heavy atom. The van der Waals surface area contributed by atoms with Crippen LogP contribution in [0.5, 0.6) is 0 Å². The van der Waals surface area contributed by atoms with Crippen LogP contribution >= 0.6 is 0 Å². The van der Waals surface area contributed by atoms with Crippen molar-refractivity contribution in [1.82, 2.24) is 0 Å². The zero-order valence-electron chi connectivity index (χ0n) is 5.02. The second-order valence-corrected chi connectivity index (χ2v) is 1.22. The Bertz CT molecular complexity index is 29.5. The van der Waals surface area contributed by atoms with Gasteiger partial charge in [-0.15, -0.1) is 0 Å². The molecule has 0 aromatic rings. The molecule has 0 unspecified atom stereocenters. The van der Waals surface area contributed by atoms with Gasteiger partial charge >= 0.3 is 1.43 Å². The Hall–Kier alpha value is -0.150. The van der Waals surface area contributed by atoms with Crippen LogP contribution in [0.1, 0.15) is 1.43 Å². The molecule has 0 radical (unpaired) electrons. The smallest absolute Gasteiger partial charge is 1.00 e. The molecule has 0 aliphatic carbocycles. The Morgan fingerprint density at radius 3 is 1.29 bits per heavy atom. The fourth-order valence-electron chi connectivity index (χ4n) is 0.440. The summed E-state index contributed by atoms with van der Waals surface area (Å²) in [4.78, 5) is 0. The standard InChI is InChI=1S/C4H8O2.FH/c1-2-6-4-3-5-1;/h1-4H2;1H. The Balaban J connectivity index is 0. The number of ether oxygens (including phenoxy) is 2. The average Bonchev–Trinajstić information content (AvgIpc) is 1.72. The van der Waals surface area contributed by atoms with Crippen LogP contribution in [-0.2, 0) is 9.47 Å². The zero-order chi connectivity index (χ0) is 4.24.